The lowest BCUT2D eigenvalue weighted by atomic mass is 9.87. The molecule has 1 aliphatic rings. The molecule has 0 bridgehead atoms. The molecule has 1 heterocycles. The number of hydrogen-bond acceptors (Lipinski definition) is 3. The zero-order valence-electron chi connectivity index (χ0n) is 11.0. The van der Waals surface area contributed by atoms with Crippen molar-refractivity contribution in [2.24, 2.45) is 11.8 Å². The van der Waals surface area contributed by atoms with Crippen molar-refractivity contribution in [2.75, 3.05) is 33.4 Å². The van der Waals surface area contributed by atoms with Gasteiger partial charge in [0.05, 0.1) is 6.10 Å². The van der Waals surface area contributed by atoms with Crippen LogP contribution in [0.5, 0.6) is 0 Å². The van der Waals surface area contributed by atoms with E-state index in [4.69, 9.17) is 9.47 Å². The maximum atomic E-state index is 6.03. The summed E-state index contributed by atoms with van der Waals surface area (Å²) >= 11 is 0. The highest BCUT2D eigenvalue weighted by molar-refractivity contribution is 4.79. The average Bonchev–Trinajstić information content (AvgIpc) is 2.30. The van der Waals surface area contributed by atoms with Gasteiger partial charge in [-0.05, 0) is 37.6 Å². The van der Waals surface area contributed by atoms with Gasteiger partial charge in [0.2, 0.25) is 0 Å². The van der Waals surface area contributed by atoms with Crippen LogP contribution >= 0.6 is 0 Å². The summed E-state index contributed by atoms with van der Waals surface area (Å²) in [6, 6.07) is 0. The highest BCUT2D eigenvalue weighted by atomic mass is 16.5. The summed E-state index contributed by atoms with van der Waals surface area (Å²) in [6.07, 6.45) is 4.00. The molecule has 16 heavy (non-hydrogen) atoms. The van der Waals surface area contributed by atoms with Crippen molar-refractivity contribution < 1.29 is 9.47 Å². The van der Waals surface area contributed by atoms with E-state index >= 15 is 0 Å². The van der Waals surface area contributed by atoms with Gasteiger partial charge in [0, 0.05) is 26.9 Å². The highest BCUT2D eigenvalue weighted by Crippen LogP contribution is 2.23. The van der Waals surface area contributed by atoms with E-state index in [0.29, 0.717) is 17.9 Å². The third-order valence-electron chi connectivity index (χ3n) is 3.26. The van der Waals surface area contributed by atoms with Gasteiger partial charge in [0.25, 0.3) is 0 Å². The van der Waals surface area contributed by atoms with Crippen LogP contribution in [0.2, 0.25) is 0 Å². The number of ether oxygens (including phenoxy) is 2. The summed E-state index contributed by atoms with van der Waals surface area (Å²) in [7, 11) is 1.74. The van der Waals surface area contributed by atoms with Crippen LogP contribution in [0.15, 0.2) is 0 Å². The van der Waals surface area contributed by atoms with E-state index in [1.165, 1.54) is 19.4 Å². The smallest absolute Gasteiger partial charge is 0.0638 e. The average molecular weight is 229 g/mol. The Balaban J connectivity index is 2.28. The predicted octanol–water partition coefficient (Wildman–Crippen LogP) is 2.06. The predicted molar refractivity (Wildman–Crippen MR) is 66.7 cm³/mol. The Bertz CT molecular complexity index is 167. The highest BCUT2D eigenvalue weighted by Gasteiger charge is 2.26. The number of piperidine rings is 1. The van der Waals surface area contributed by atoms with E-state index in [1.807, 2.05) is 0 Å². The quantitative estimate of drug-likeness (QED) is 0.678. The Hall–Kier alpha value is -0.120. The second-order valence-electron chi connectivity index (χ2n) is 5.03. The molecule has 0 amide bonds. The molecule has 0 aromatic rings. The number of hydrogen-bond donors (Lipinski definition) is 1. The van der Waals surface area contributed by atoms with Crippen molar-refractivity contribution >= 4 is 0 Å². The molecule has 2 atom stereocenters. The zero-order valence-corrected chi connectivity index (χ0v) is 11.0. The monoisotopic (exact) mass is 229 g/mol. The fourth-order valence-corrected chi connectivity index (χ4v) is 2.45. The maximum absolute atomic E-state index is 6.03. The van der Waals surface area contributed by atoms with Crippen molar-refractivity contribution in [3.05, 3.63) is 0 Å². The largest absolute Gasteiger partial charge is 0.385 e. The minimum absolute atomic E-state index is 0.407. The van der Waals surface area contributed by atoms with Gasteiger partial charge in [-0.2, -0.15) is 0 Å². The van der Waals surface area contributed by atoms with Crippen molar-refractivity contribution in [3.63, 3.8) is 0 Å². The molecule has 0 spiro atoms. The molecule has 0 aromatic carbocycles. The molecular formula is C13H27NO2. The number of methoxy groups -OCH3 is 1. The van der Waals surface area contributed by atoms with Gasteiger partial charge < -0.3 is 14.8 Å². The Morgan fingerprint density at radius 3 is 2.69 bits per heavy atom. The van der Waals surface area contributed by atoms with E-state index in [2.05, 4.69) is 19.2 Å². The van der Waals surface area contributed by atoms with Gasteiger partial charge >= 0.3 is 0 Å². The fraction of sp³-hybridized carbons (Fsp3) is 1.00. The lowest BCUT2D eigenvalue weighted by molar-refractivity contribution is -0.0299. The van der Waals surface area contributed by atoms with Crippen LogP contribution in [0.25, 0.3) is 0 Å². The van der Waals surface area contributed by atoms with Crippen LogP contribution in [-0.4, -0.2) is 39.5 Å². The standard InChI is InChI=1S/C13H27NO2/c1-11(2)13(16-9-5-8-15-3)12-6-4-7-14-10-12/h11-14H,4-10H2,1-3H3. The first-order valence-electron chi connectivity index (χ1n) is 6.57. The summed E-state index contributed by atoms with van der Waals surface area (Å²) in [5.74, 6) is 1.30. The molecule has 1 N–H and O–H groups in total. The first-order chi connectivity index (χ1) is 7.75. The van der Waals surface area contributed by atoms with Crippen molar-refractivity contribution in [1.82, 2.24) is 5.32 Å². The Morgan fingerprint density at radius 2 is 2.12 bits per heavy atom. The minimum atomic E-state index is 0.407. The van der Waals surface area contributed by atoms with Crippen molar-refractivity contribution in [1.29, 1.82) is 0 Å². The molecule has 0 radical (unpaired) electrons. The van der Waals surface area contributed by atoms with E-state index in [-0.39, 0.29) is 0 Å². The Morgan fingerprint density at radius 1 is 1.31 bits per heavy atom. The van der Waals surface area contributed by atoms with Crippen molar-refractivity contribution in [3.8, 4) is 0 Å². The maximum Gasteiger partial charge on any atom is 0.0638 e. The van der Waals surface area contributed by atoms with Crippen LogP contribution in [0, 0.1) is 11.8 Å². The van der Waals surface area contributed by atoms with Crippen LogP contribution in [-0.2, 0) is 9.47 Å². The third-order valence-corrected chi connectivity index (χ3v) is 3.26. The SMILES string of the molecule is COCCCOC(C(C)C)C1CCCNC1. The van der Waals surface area contributed by atoms with Gasteiger partial charge in [-0.1, -0.05) is 13.8 Å². The van der Waals surface area contributed by atoms with Crippen LogP contribution < -0.4 is 5.32 Å². The van der Waals surface area contributed by atoms with Crippen LogP contribution in [0.3, 0.4) is 0 Å². The molecule has 1 aliphatic heterocycles. The molecule has 3 heteroatoms. The minimum Gasteiger partial charge on any atom is -0.385 e. The van der Waals surface area contributed by atoms with Crippen LogP contribution in [0.4, 0.5) is 0 Å². The van der Waals surface area contributed by atoms with Gasteiger partial charge in [-0.3, -0.25) is 0 Å². The van der Waals surface area contributed by atoms with Crippen molar-refractivity contribution in [2.45, 2.75) is 39.2 Å². The summed E-state index contributed by atoms with van der Waals surface area (Å²) < 4.78 is 11.1. The molecule has 1 rings (SSSR count). The van der Waals surface area contributed by atoms with Gasteiger partial charge in [0.1, 0.15) is 0 Å². The van der Waals surface area contributed by atoms with E-state index in [9.17, 15) is 0 Å². The molecule has 0 aromatic heterocycles. The molecule has 1 fully saturated rings. The lowest BCUT2D eigenvalue weighted by Crippen LogP contribution is -2.40. The molecule has 2 unspecified atom stereocenters. The summed E-state index contributed by atoms with van der Waals surface area (Å²) in [5.41, 5.74) is 0. The number of nitrogens with one attached hydrogen (secondary N) is 1. The molecule has 0 saturated carbocycles. The number of rotatable bonds is 7. The third kappa shape index (κ3) is 4.81. The van der Waals surface area contributed by atoms with E-state index < -0.39 is 0 Å². The summed E-state index contributed by atoms with van der Waals surface area (Å²) in [6.45, 7) is 8.43. The lowest BCUT2D eigenvalue weighted by Gasteiger charge is -2.33. The first-order valence-corrected chi connectivity index (χ1v) is 6.57. The normalized spacial score (nSPS) is 23.6. The Labute approximate surface area is 99.9 Å². The second kappa shape index (κ2) is 8.04. The molecule has 3 nitrogen and oxygen atoms in total. The topological polar surface area (TPSA) is 30.5 Å². The molecule has 96 valence electrons. The first kappa shape index (κ1) is 13.9. The van der Waals surface area contributed by atoms with Gasteiger partial charge in [0.15, 0.2) is 0 Å². The molecular weight excluding hydrogens is 202 g/mol. The molecule has 0 aliphatic carbocycles. The van der Waals surface area contributed by atoms with E-state index in [1.54, 1.807) is 7.11 Å². The summed E-state index contributed by atoms with van der Waals surface area (Å²) in [4.78, 5) is 0. The second-order valence-corrected chi connectivity index (χ2v) is 5.03. The zero-order chi connectivity index (χ0) is 11.8. The summed E-state index contributed by atoms with van der Waals surface area (Å²) in [5, 5.41) is 3.47. The van der Waals surface area contributed by atoms with E-state index in [0.717, 1.165) is 26.2 Å². The van der Waals surface area contributed by atoms with Gasteiger partial charge in [-0.25, -0.2) is 0 Å². The van der Waals surface area contributed by atoms with Crippen LogP contribution in [0.1, 0.15) is 33.1 Å². The molecule has 1 saturated heterocycles. The fourth-order valence-electron chi connectivity index (χ4n) is 2.45. The Kier molecular flexibility index (Phi) is 7.01. The van der Waals surface area contributed by atoms with Gasteiger partial charge in [-0.15, -0.1) is 0 Å².